The zero-order chi connectivity index (χ0) is 20.1. The highest BCUT2D eigenvalue weighted by molar-refractivity contribution is 5.94. The Morgan fingerprint density at radius 3 is 2.66 bits per heavy atom. The maximum absolute atomic E-state index is 12.2. The van der Waals surface area contributed by atoms with Crippen LogP contribution < -0.4 is 9.64 Å². The maximum Gasteiger partial charge on any atom is 0.415 e. The van der Waals surface area contributed by atoms with Gasteiger partial charge in [-0.1, -0.05) is 12.1 Å². The number of aromatic nitrogens is 1. The number of rotatable bonds is 3. The van der Waals surface area contributed by atoms with Gasteiger partial charge in [-0.2, -0.15) is 0 Å². The largest absolute Gasteiger partial charge is 0.489 e. The van der Waals surface area contributed by atoms with Crippen molar-refractivity contribution in [3.05, 3.63) is 42.2 Å². The van der Waals surface area contributed by atoms with Gasteiger partial charge in [0.05, 0.1) is 24.5 Å². The molecule has 3 atom stereocenters. The van der Waals surface area contributed by atoms with Crippen LogP contribution in [0, 0.1) is 0 Å². The van der Waals surface area contributed by atoms with Gasteiger partial charge in [-0.25, -0.2) is 9.59 Å². The van der Waals surface area contributed by atoms with E-state index >= 15 is 0 Å². The molecule has 5 rings (SSSR count). The number of hydrogen-bond donors (Lipinski definition) is 1. The summed E-state index contributed by atoms with van der Waals surface area (Å²) in [6.07, 6.45) is -0.0639. The van der Waals surface area contributed by atoms with Crippen LogP contribution in [0.5, 0.6) is 5.75 Å². The van der Waals surface area contributed by atoms with Gasteiger partial charge in [0.2, 0.25) is 0 Å². The second kappa shape index (κ2) is 6.63. The monoisotopic (exact) mass is 397 g/mol. The average molecular weight is 397 g/mol. The Labute approximate surface area is 166 Å². The predicted octanol–water partition coefficient (Wildman–Crippen LogP) is 1.95. The van der Waals surface area contributed by atoms with Gasteiger partial charge in [0.15, 0.2) is 12.2 Å². The van der Waals surface area contributed by atoms with E-state index in [0.29, 0.717) is 23.7 Å². The van der Waals surface area contributed by atoms with E-state index in [1.807, 2.05) is 24.3 Å². The SMILES string of the molecule is CN1C[C@@H](c2ccc(-c3ccc4c(c3)OC[C@H]3[C@H](CO)OC(=O)N43)cn2)OC1=O. The van der Waals surface area contributed by atoms with E-state index in [1.165, 1.54) is 9.80 Å². The number of ether oxygens (including phenoxy) is 3. The summed E-state index contributed by atoms with van der Waals surface area (Å²) in [7, 11) is 1.69. The summed E-state index contributed by atoms with van der Waals surface area (Å²) in [6, 6.07) is 8.95. The molecule has 0 spiro atoms. The molecule has 0 saturated carbocycles. The van der Waals surface area contributed by atoms with Crippen LogP contribution >= 0.6 is 0 Å². The predicted molar refractivity (Wildman–Crippen MR) is 101 cm³/mol. The molecule has 0 bridgehead atoms. The van der Waals surface area contributed by atoms with Crippen LogP contribution in [0.4, 0.5) is 15.3 Å². The maximum atomic E-state index is 12.2. The van der Waals surface area contributed by atoms with Gasteiger partial charge in [0.25, 0.3) is 0 Å². The van der Waals surface area contributed by atoms with Crippen LogP contribution in [0.2, 0.25) is 0 Å². The van der Waals surface area contributed by atoms with Crippen LogP contribution in [-0.2, 0) is 9.47 Å². The Morgan fingerprint density at radius 2 is 1.97 bits per heavy atom. The van der Waals surface area contributed by atoms with Gasteiger partial charge < -0.3 is 24.2 Å². The summed E-state index contributed by atoms with van der Waals surface area (Å²) in [4.78, 5) is 31.2. The number of hydrogen-bond acceptors (Lipinski definition) is 7. The number of fused-ring (bicyclic) bond motifs is 3. The molecular weight excluding hydrogens is 378 g/mol. The lowest BCUT2D eigenvalue weighted by Gasteiger charge is -2.31. The van der Waals surface area contributed by atoms with Crippen molar-refractivity contribution in [3.63, 3.8) is 0 Å². The number of carbonyl (C=O) groups excluding carboxylic acids is 2. The highest BCUT2D eigenvalue weighted by Gasteiger charge is 2.46. The Hall–Kier alpha value is -3.33. The summed E-state index contributed by atoms with van der Waals surface area (Å²) < 4.78 is 16.3. The number of benzene rings is 1. The van der Waals surface area contributed by atoms with Crippen LogP contribution in [0.15, 0.2) is 36.5 Å². The van der Waals surface area contributed by atoms with Crippen molar-refractivity contribution in [2.75, 3.05) is 31.7 Å². The normalized spacial score (nSPS) is 25.2. The molecule has 1 aromatic heterocycles. The minimum absolute atomic E-state index is 0.242. The average Bonchev–Trinajstić information content (AvgIpc) is 3.26. The highest BCUT2D eigenvalue weighted by Crippen LogP contribution is 2.41. The summed E-state index contributed by atoms with van der Waals surface area (Å²) in [5.74, 6) is 0.574. The zero-order valence-corrected chi connectivity index (χ0v) is 15.6. The number of pyridine rings is 1. The van der Waals surface area contributed by atoms with Crippen molar-refractivity contribution >= 4 is 17.9 Å². The molecule has 0 aliphatic carbocycles. The molecule has 4 heterocycles. The van der Waals surface area contributed by atoms with Crippen molar-refractivity contribution in [1.82, 2.24) is 9.88 Å². The molecule has 2 aromatic rings. The fourth-order valence-corrected chi connectivity index (χ4v) is 3.86. The van der Waals surface area contributed by atoms with Crippen LogP contribution in [0.25, 0.3) is 11.1 Å². The molecule has 0 unspecified atom stereocenters. The summed E-state index contributed by atoms with van der Waals surface area (Å²) in [6.45, 7) is 0.485. The Kier molecular flexibility index (Phi) is 4.06. The number of aliphatic hydroxyl groups excluding tert-OH is 1. The number of nitrogens with zero attached hydrogens (tertiary/aromatic N) is 3. The molecule has 2 fully saturated rings. The molecule has 29 heavy (non-hydrogen) atoms. The van der Waals surface area contributed by atoms with Crippen molar-refractivity contribution < 1.29 is 28.9 Å². The third kappa shape index (κ3) is 2.85. The fourth-order valence-electron chi connectivity index (χ4n) is 3.86. The second-order valence-corrected chi connectivity index (χ2v) is 7.26. The second-order valence-electron chi connectivity index (χ2n) is 7.26. The highest BCUT2D eigenvalue weighted by atomic mass is 16.6. The lowest BCUT2D eigenvalue weighted by molar-refractivity contribution is 0.0734. The van der Waals surface area contributed by atoms with Crippen molar-refractivity contribution in [3.8, 4) is 16.9 Å². The van der Waals surface area contributed by atoms with Gasteiger partial charge in [-0.05, 0) is 23.8 Å². The van der Waals surface area contributed by atoms with Crippen LogP contribution in [0.1, 0.15) is 11.8 Å². The first kappa shape index (κ1) is 17.7. The van der Waals surface area contributed by atoms with E-state index in [2.05, 4.69) is 4.98 Å². The molecule has 1 N–H and O–H groups in total. The molecule has 3 aliphatic heterocycles. The smallest absolute Gasteiger partial charge is 0.415 e. The van der Waals surface area contributed by atoms with Gasteiger partial charge >= 0.3 is 12.2 Å². The lowest BCUT2D eigenvalue weighted by atomic mass is 10.0. The molecular formula is C20H19N3O6. The number of likely N-dealkylation sites (N-methyl/N-ethyl adjacent to an activating group) is 1. The van der Waals surface area contributed by atoms with Gasteiger partial charge in [-0.15, -0.1) is 0 Å². The number of amides is 2. The number of anilines is 1. The van der Waals surface area contributed by atoms with Gasteiger partial charge in [-0.3, -0.25) is 9.88 Å². The van der Waals surface area contributed by atoms with E-state index in [9.17, 15) is 14.7 Å². The third-order valence-electron chi connectivity index (χ3n) is 5.46. The standard InChI is InChI=1S/C20H19N3O6/c1-22-8-17(28-19(22)25)13-4-2-12(7-21-13)11-3-5-14-16(6-11)27-10-15-18(9-24)29-20(26)23(14)15/h2-7,15,17-18,24H,8-10H2,1H3/t15-,17-,18-/m0/s1. The van der Waals surface area contributed by atoms with E-state index in [4.69, 9.17) is 14.2 Å². The zero-order valence-electron chi connectivity index (χ0n) is 15.6. The molecule has 0 radical (unpaired) electrons. The van der Waals surface area contributed by atoms with Gasteiger partial charge in [0.1, 0.15) is 18.4 Å². The quantitative estimate of drug-likeness (QED) is 0.845. The number of cyclic esters (lactones) is 2. The van der Waals surface area contributed by atoms with E-state index in [1.54, 1.807) is 19.3 Å². The van der Waals surface area contributed by atoms with Crippen molar-refractivity contribution in [2.45, 2.75) is 18.2 Å². The van der Waals surface area contributed by atoms with E-state index < -0.39 is 12.2 Å². The molecule has 9 heteroatoms. The Balaban J connectivity index is 1.40. The molecule has 1 aromatic carbocycles. The Bertz CT molecular complexity index is 979. The molecule has 2 amide bonds. The van der Waals surface area contributed by atoms with E-state index in [0.717, 1.165) is 11.1 Å². The molecule has 9 nitrogen and oxygen atoms in total. The van der Waals surface area contributed by atoms with Crippen LogP contribution in [-0.4, -0.2) is 66.1 Å². The summed E-state index contributed by atoms with van der Waals surface area (Å²) in [5.41, 5.74) is 3.07. The first-order valence-electron chi connectivity index (χ1n) is 9.31. The topological polar surface area (TPSA) is 101 Å². The fraction of sp³-hybridized carbons (Fsp3) is 0.350. The minimum atomic E-state index is -0.587. The first-order chi connectivity index (χ1) is 14.0. The van der Waals surface area contributed by atoms with E-state index in [-0.39, 0.29) is 31.5 Å². The Morgan fingerprint density at radius 1 is 1.14 bits per heavy atom. The molecule has 150 valence electrons. The van der Waals surface area contributed by atoms with Crippen LogP contribution in [0.3, 0.4) is 0 Å². The third-order valence-corrected chi connectivity index (χ3v) is 5.46. The lowest BCUT2D eigenvalue weighted by Crippen LogP contribution is -2.45. The molecule has 3 aliphatic rings. The van der Waals surface area contributed by atoms with Crippen molar-refractivity contribution in [2.24, 2.45) is 0 Å². The minimum Gasteiger partial charge on any atom is -0.489 e. The number of carbonyl (C=O) groups is 2. The summed E-state index contributed by atoms with van der Waals surface area (Å²) in [5, 5.41) is 9.40. The molecule has 2 saturated heterocycles. The number of aliphatic hydroxyl groups is 1. The van der Waals surface area contributed by atoms with Gasteiger partial charge in [0, 0.05) is 18.8 Å². The summed E-state index contributed by atoms with van der Waals surface area (Å²) >= 11 is 0. The first-order valence-corrected chi connectivity index (χ1v) is 9.31. The van der Waals surface area contributed by atoms with Crippen molar-refractivity contribution in [1.29, 1.82) is 0 Å².